The molecule has 1 aliphatic heterocycles. The van der Waals surface area contributed by atoms with Gasteiger partial charge in [-0.2, -0.15) is 0 Å². The van der Waals surface area contributed by atoms with Gasteiger partial charge >= 0.3 is 0 Å². The van der Waals surface area contributed by atoms with Gasteiger partial charge in [0.25, 0.3) is 0 Å². The van der Waals surface area contributed by atoms with Crippen molar-refractivity contribution in [3.63, 3.8) is 0 Å². The lowest BCUT2D eigenvalue weighted by atomic mass is 9.83. The minimum Gasteiger partial charge on any atom is -0.243 e. The van der Waals surface area contributed by atoms with Crippen LogP contribution in [-0.2, 0) is 0 Å². The van der Waals surface area contributed by atoms with E-state index < -0.39 is 0 Å². The zero-order valence-corrected chi connectivity index (χ0v) is 13.3. The van der Waals surface area contributed by atoms with Crippen molar-refractivity contribution < 1.29 is 0 Å². The van der Waals surface area contributed by atoms with Crippen LogP contribution in [0.5, 0.6) is 0 Å². The summed E-state index contributed by atoms with van der Waals surface area (Å²) in [6, 6.07) is 0. The van der Waals surface area contributed by atoms with Crippen molar-refractivity contribution in [3.05, 3.63) is 0 Å². The zero-order chi connectivity index (χ0) is 13.2. The third-order valence-electron chi connectivity index (χ3n) is 5.64. The molecule has 0 spiro atoms. The monoisotopic (exact) mass is 282 g/mol. The maximum atomic E-state index is 3.61. The SMILES string of the molecule is CC1CCC(C2NNC(C3CCC(C)CC3)S2)CC1. The molecule has 2 unspecified atom stereocenters. The second kappa shape index (κ2) is 6.36. The molecule has 2 atom stereocenters. The highest BCUT2D eigenvalue weighted by atomic mass is 32.2. The molecule has 2 aliphatic carbocycles. The summed E-state index contributed by atoms with van der Waals surface area (Å²) in [6.07, 6.45) is 11.5. The van der Waals surface area contributed by atoms with Crippen molar-refractivity contribution in [2.24, 2.45) is 23.7 Å². The summed E-state index contributed by atoms with van der Waals surface area (Å²) in [5.41, 5.74) is 7.23. The predicted molar refractivity (Wildman–Crippen MR) is 83.7 cm³/mol. The molecule has 3 heteroatoms. The van der Waals surface area contributed by atoms with Gasteiger partial charge in [0.2, 0.25) is 0 Å². The number of hydrogen-bond donors (Lipinski definition) is 2. The highest BCUT2D eigenvalue weighted by Gasteiger charge is 2.37. The van der Waals surface area contributed by atoms with Crippen LogP contribution in [0.1, 0.15) is 65.2 Å². The maximum absolute atomic E-state index is 3.61. The highest BCUT2D eigenvalue weighted by Crippen LogP contribution is 2.41. The van der Waals surface area contributed by atoms with Crippen LogP contribution in [0.2, 0.25) is 0 Å². The van der Waals surface area contributed by atoms with Gasteiger partial charge in [-0.3, -0.25) is 0 Å². The molecule has 19 heavy (non-hydrogen) atoms. The Labute approximate surface area is 122 Å². The lowest BCUT2D eigenvalue weighted by molar-refractivity contribution is 0.247. The van der Waals surface area contributed by atoms with Crippen LogP contribution >= 0.6 is 11.8 Å². The summed E-state index contributed by atoms with van der Waals surface area (Å²) in [7, 11) is 0. The molecule has 2 saturated carbocycles. The van der Waals surface area contributed by atoms with Crippen LogP contribution in [-0.4, -0.2) is 10.7 Å². The maximum Gasteiger partial charge on any atom is 0.0710 e. The minimum atomic E-state index is 0.678. The number of thioether (sulfide) groups is 1. The van der Waals surface area contributed by atoms with Gasteiger partial charge < -0.3 is 0 Å². The molecule has 110 valence electrons. The van der Waals surface area contributed by atoms with Crippen LogP contribution in [0.25, 0.3) is 0 Å². The molecule has 3 fully saturated rings. The van der Waals surface area contributed by atoms with Gasteiger partial charge in [0.15, 0.2) is 0 Å². The predicted octanol–water partition coefficient (Wildman–Crippen LogP) is 4.13. The average molecular weight is 282 g/mol. The Bertz CT molecular complexity index is 252. The van der Waals surface area contributed by atoms with Crippen molar-refractivity contribution in [2.45, 2.75) is 76.0 Å². The van der Waals surface area contributed by atoms with E-state index in [1.165, 1.54) is 51.4 Å². The van der Waals surface area contributed by atoms with E-state index in [2.05, 4.69) is 36.5 Å². The molecule has 0 aromatic heterocycles. The second-order valence-corrected chi connectivity index (χ2v) is 8.59. The molecule has 2 nitrogen and oxygen atoms in total. The highest BCUT2D eigenvalue weighted by molar-refractivity contribution is 8.00. The molecule has 0 radical (unpaired) electrons. The van der Waals surface area contributed by atoms with E-state index >= 15 is 0 Å². The van der Waals surface area contributed by atoms with Gasteiger partial charge in [-0.15, -0.1) is 11.8 Å². The zero-order valence-electron chi connectivity index (χ0n) is 12.5. The lowest BCUT2D eigenvalue weighted by Crippen LogP contribution is -2.40. The van der Waals surface area contributed by atoms with E-state index in [1.807, 2.05) is 0 Å². The van der Waals surface area contributed by atoms with Crippen LogP contribution in [0.15, 0.2) is 0 Å². The molecular weight excluding hydrogens is 252 g/mol. The molecule has 0 aromatic carbocycles. The third-order valence-corrected chi connectivity index (χ3v) is 7.23. The van der Waals surface area contributed by atoms with Gasteiger partial charge in [-0.25, -0.2) is 10.9 Å². The van der Waals surface area contributed by atoms with Crippen molar-refractivity contribution in [1.82, 2.24) is 10.9 Å². The van der Waals surface area contributed by atoms with Gasteiger partial charge in [-0.05, 0) is 49.4 Å². The van der Waals surface area contributed by atoms with E-state index in [-0.39, 0.29) is 0 Å². The molecule has 0 aromatic rings. The summed E-state index contributed by atoms with van der Waals surface area (Å²) in [4.78, 5) is 0. The van der Waals surface area contributed by atoms with Gasteiger partial charge in [-0.1, -0.05) is 39.5 Å². The first-order valence-corrected chi connectivity index (χ1v) is 9.33. The van der Waals surface area contributed by atoms with Crippen molar-refractivity contribution in [1.29, 1.82) is 0 Å². The van der Waals surface area contributed by atoms with Gasteiger partial charge in [0.1, 0.15) is 0 Å². The Kier molecular flexibility index (Phi) is 4.76. The van der Waals surface area contributed by atoms with Crippen molar-refractivity contribution >= 4 is 11.8 Å². The number of rotatable bonds is 2. The van der Waals surface area contributed by atoms with Crippen molar-refractivity contribution in [2.75, 3.05) is 0 Å². The van der Waals surface area contributed by atoms with E-state index in [0.29, 0.717) is 10.7 Å². The quantitative estimate of drug-likeness (QED) is 0.796. The van der Waals surface area contributed by atoms with Gasteiger partial charge in [0.05, 0.1) is 10.7 Å². The number of hydrogen-bond acceptors (Lipinski definition) is 3. The van der Waals surface area contributed by atoms with Crippen LogP contribution in [0.4, 0.5) is 0 Å². The summed E-state index contributed by atoms with van der Waals surface area (Å²) in [5, 5.41) is 1.36. The standard InChI is InChI=1S/C16H30N2S/c1-11-3-7-13(8-4-11)15-17-18-16(19-15)14-9-5-12(2)6-10-14/h11-18H,3-10H2,1-2H3. The Morgan fingerprint density at radius 3 is 1.37 bits per heavy atom. The van der Waals surface area contributed by atoms with Crippen molar-refractivity contribution in [3.8, 4) is 0 Å². The van der Waals surface area contributed by atoms with Gasteiger partial charge in [0, 0.05) is 0 Å². The summed E-state index contributed by atoms with van der Waals surface area (Å²) in [5.74, 6) is 3.74. The largest absolute Gasteiger partial charge is 0.243 e. The summed E-state index contributed by atoms with van der Waals surface area (Å²) >= 11 is 2.20. The van der Waals surface area contributed by atoms with Crippen LogP contribution in [0.3, 0.4) is 0 Å². The van der Waals surface area contributed by atoms with E-state index in [4.69, 9.17) is 0 Å². The Morgan fingerprint density at radius 1 is 0.632 bits per heavy atom. The smallest absolute Gasteiger partial charge is 0.0710 e. The third kappa shape index (κ3) is 3.48. The Hall–Kier alpha value is 0.270. The lowest BCUT2D eigenvalue weighted by Gasteiger charge is -2.31. The fourth-order valence-corrected chi connectivity index (χ4v) is 5.60. The second-order valence-electron chi connectivity index (χ2n) is 7.31. The number of nitrogens with one attached hydrogen (secondary N) is 2. The average Bonchev–Trinajstić information content (AvgIpc) is 2.90. The fourth-order valence-electron chi connectivity index (χ4n) is 4.03. The summed E-state index contributed by atoms with van der Waals surface area (Å²) < 4.78 is 0. The molecule has 3 rings (SSSR count). The summed E-state index contributed by atoms with van der Waals surface area (Å²) in [6.45, 7) is 4.82. The van der Waals surface area contributed by atoms with Crippen LogP contribution in [0, 0.1) is 23.7 Å². The molecule has 1 saturated heterocycles. The first kappa shape index (κ1) is 14.2. The molecule has 0 bridgehead atoms. The Morgan fingerprint density at radius 2 is 1.00 bits per heavy atom. The first-order chi connectivity index (χ1) is 9.22. The number of hydrazine groups is 1. The fraction of sp³-hybridized carbons (Fsp3) is 1.00. The van der Waals surface area contributed by atoms with E-state index in [9.17, 15) is 0 Å². The molecule has 1 heterocycles. The molecule has 3 aliphatic rings. The molecular formula is C16H30N2S. The van der Waals surface area contributed by atoms with E-state index in [1.54, 1.807) is 0 Å². The Balaban J connectivity index is 1.47. The van der Waals surface area contributed by atoms with Crippen LogP contribution < -0.4 is 10.9 Å². The van der Waals surface area contributed by atoms with E-state index in [0.717, 1.165) is 23.7 Å². The molecule has 0 amide bonds. The molecule has 2 N–H and O–H groups in total. The normalized spacial score (nSPS) is 48.3. The topological polar surface area (TPSA) is 24.1 Å². The first-order valence-electron chi connectivity index (χ1n) is 8.39. The minimum absolute atomic E-state index is 0.678.